The molecule has 5 nitrogen and oxygen atoms in total. The Morgan fingerprint density at radius 2 is 1.42 bits per heavy atom. The molecule has 3 rings (SSSR count). The first-order valence-electron chi connectivity index (χ1n) is 7.69. The molecule has 0 heterocycles. The van der Waals surface area contributed by atoms with Crippen LogP contribution in [0.3, 0.4) is 0 Å². The zero-order valence-electron chi connectivity index (χ0n) is 13.4. The number of hydrogen-bond acceptors (Lipinski definition) is 3. The van der Waals surface area contributed by atoms with E-state index < -0.39 is 11.9 Å². The Labute approximate surface area is 154 Å². The van der Waals surface area contributed by atoms with Crippen LogP contribution in [0.2, 0.25) is 5.02 Å². The maximum atomic E-state index is 12.7. The first kappa shape index (κ1) is 17.5. The van der Waals surface area contributed by atoms with E-state index in [1.807, 2.05) is 0 Å². The Hall–Kier alpha value is -3.31. The highest BCUT2D eigenvalue weighted by Gasteiger charge is 2.18. The monoisotopic (exact) mass is 367 g/mol. The van der Waals surface area contributed by atoms with Crippen molar-refractivity contribution >= 4 is 29.2 Å². The molecular formula is C20H14ClNO4. The van der Waals surface area contributed by atoms with Crippen LogP contribution < -0.4 is 5.32 Å². The molecule has 0 fully saturated rings. The van der Waals surface area contributed by atoms with Crippen molar-refractivity contribution in [3.63, 3.8) is 0 Å². The van der Waals surface area contributed by atoms with Gasteiger partial charge in [-0.2, -0.15) is 0 Å². The summed E-state index contributed by atoms with van der Waals surface area (Å²) in [5, 5.41) is 22.3. The Morgan fingerprint density at radius 1 is 0.846 bits per heavy atom. The predicted octanol–water partition coefficient (Wildman–Crippen LogP) is 4.66. The quantitative estimate of drug-likeness (QED) is 0.585. The molecule has 26 heavy (non-hydrogen) atoms. The molecular weight excluding hydrogens is 354 g/mol. The van der Waals surface area contributed by atoms with Gasteiger partial charge in [0.2, 0.25) is 0 Å². The van der Waals surface area contributed by atoms with Crippen LogP contribution in [0, 0.1) is 0 Å². The second-order valence-electron chi connectivity index (χ2n) is 5.51. The van der Waals surface area contributed by atoms with Crippen molar-refractivity contribution in [2.24, 2.45) is 0 Å². The lowest BCUT2D eigenvalue weighted by molar-refractivity contribution is 0.0697. The van der Waals surface area contributed by atoms with Gasteiger partial charge in [0.05, 0.1) is 11.3 Å². The molecule has 6 heteroatoms. The number of aromatic hydroxyl groups is 1. The molecule has 0 aliphatic rings. The summed E-state index contributed by atoms with van der Waals surface area (Å²) in [6.45, 7) is 0. The Balaban J connectivity index is 2.04. The molecule has 0 unspecified atom stereocenters. The third-order valence-electron chi connectivity index (χ3n) is 3.83. The molecule has 0 bridgehead atoms. The molecule has 0 aliphatic carbocycles. The van der Waals surface area contributed by atoms with E-state index in [9.17, 15) is 19.8 Å². The molecule has 0 aromatic heterocycles. The topological polar surface area (TPSA) is 86.6 Å². The number of aromatic carboxylic acids is 1. The first-order chi connectivity index (χ1) is 12.5. The van der Waals surface area contributed by atoms with E-state index in [1.54, 1.807) is 42.5 Å². The highest BCUT2D eigenvalue weighted by atomic mass is 35.5. The van der Waals surface area contributed by atoms with E-state index in [4.69, 9.17) is 11.6 Å². The normalized spacial score (nSPS) is 10.3. The van der Waals surface area contributed by atoms with Gasteiger partial charge in [-0.25, -0.2) is 4.79 Å². The maximum Gasteiger partial charge on any atom is 0.336 e. The largest absolute Gasteiger partial charge is 0.506 e. The number of carboxylic acid groups (broad SMARTS) is 1. The highest BCUT2D eigenvalue weighted by molar-refractivity contribution is 6.31. The number of halogens is 1. The fraction of sp³-hybridized carbons (Fsp3) is 0. The summed E-state index contributed by atoms with van der Waals surface area (Å²) < 4.78 is 0. The van der Waals surface area contributed by atoms with Crippen molar-refractivity contribution in [2.75, 3.05) is 5.32 Å². The van der Waals surface area contributed by atoms with E-state index in [0.29, 0.717) is 16.1 Å². The lowest BCUT2D eigenvalue weighted by Gasteiger charge is -2.13. The molecule has 0 radical (unpaired) electrons. The summed E-state index contributed by atoms with van der Waals surface area (Å²) in [4.78, 5) is 24.2. The van der Waals surface area contributed by atoms with Crippen LogP contribution in [0.15, 0.2) is 66.7 Å². The average Bonchev–Trinajstić information content (AvgIpc) is 2.64. The van der Waals surface area contributed by atoms with Crippen LogP contribution in [0.25, 0.3) is 11.1 Å². The summed E-state index contributed by atoms with van der Waals surface area (Å²) in [6, 6.07) is 17.4. The second kappa shape index (κ2) is 7.29. The van der Waals surface area contributed by atoms with Gasteiger partial charge in [0.1, 0.15) is 5.75 Å². The summed E-state index contributed by atoms with van der Waals surface area (Å²) in [5.74, 6) is -1.69. The third kappa shape index (κ3) is 3.53. The molecule has 0 saturated heterocycles. The van der Waals surface area contributed by atoms with Gasteiger partial charge in [-0.05, 0) is 41.5 Å². The molecule has 0 aliphatic heterocycles. The number of nitrogens with one attached hydrogen (secondary N) is 1. The third-order valence-corrected chi connectivity index (χ3v) is 4.06. The number of hydrogen-bond donors (Lipinski definition) is 3. The lowest BCUT2D eigenvalue weighted by atomic mass is 9.95. The number of carboxylic acids is 1. The van der Waals surface area contributed by atoms with E-state index in [-0.39, 0.29) is 22.6 Å². The summed E-state index contributed by atoms with van der Waals surface area (Å²) in [6.07, 6.45) is 0. The number of carbonyl (C=O) groups is 2. The summed E-state index contributed by atoms with van der Waals surface area (Å²) in [5.41, 5.74) is 1.45. The van der Waals surface area contributed by atoms with Crippen LogP contribution in [0.5, 0.6) is 5.75 Å². The maximum absolute atomic E-state index is 12.7. The summed E-state index contributed by atoms with van der Waals surface area (Å²) >= 11 is 5.90. The molecule has 0 saturated carbocycles. The minimum absolute atomic E-state index is 0.0957. The zero-order valence-corrected chi connectivity index (χ0v) is 14.2. The van der Waals surface area contributed by atoms with Crippen molar-refractivity contribution in [3.05, 3.63) is 82.9 Å². The fourth-order valence-corrected chi connectivity index (χ4v) is 2.79. The van der Waals surface area contributed by atoms with Crippen molar-refractivity contribution in [3.8, 4) is 16.9 Å². The number of phenols is 1. The Morgan fingerprint density at radius 3 is 2.08 bits per heavy atom. The van der Waals surface area contributed by atoms with E-state index in [0.717, 1.165) is 0 Å². The minimum atomic E-state index is -1.08. The van der Waals surface area contributed by atoms with Gasteiger partial charge in [-0.1, -0.05) is 48.0 Å². The molecule has 130 valence electrons. The van der Waals surface area contributed by atoms with Crippen LogP contribution in [-0.2, 0) is 0 Å². The number of phenolic OH excluding ortho intramolecular Hbond substituents is 1. The smallest absolute Gasteiger partial charge is 0.336 e. The molecule has 1 amide bonds. The van der Waals surface area contributed by atoms with Crippen LogP contribution >= 0.6 is 11.6 Å². The van der Waals surface area contributed by atoms with Gasteiger partial charge in [0.25, 0.3) is 5.91 Å². The molecule has 3 aromatic rings. The van der Waals surface area contributed by atoms with Gasteiger partial charge >= 0.3 is 5.97 Å². The number of carbonyl (C=O) groups excluding carboxylic acids is 1. The second-order valence-corrected chi connectivity index (χ2v) is 5.95. The van der Waals surface area contributed by atoms with E-state index >= 15 is 0 Å². The van der Waals surface area contributed by atoms with Crippen molar-refractivity contribution in [2.45, 2.75) is 0 Å². The van der Waals surface area contributed by atoms with Gasteiger partial charge in [-0.15, -0.1) is 0 Å². The predicted molar refractivity (Wildman–Crippen MR) is 99.9 cm³/mol. The minimum Gasteiger partial charge on any atom is -0.506 e. The standard InChI is InChI=1S/C20H14ClNO4/c21-12-9-10-18(23)17(11-12)22-19(24)15-7-3-1-5-13(15)14-6-2-4-8-16(14)20(25)26/h1-11,23H,(H,22,24)(H,25,26). The molecule has 0 spiro atoms. The van der Waals surface area contributed by atoms with Crippen LogP contribution in [-0.4, -0.2) is 22.1 Å². The fourth-order valence-electron chi connectivity index (χ4n) is 2.62. The van der Waals surface area contributed by atoms with Gasteiger partial charge in [0.15, 0.2) is 0 Å². The number of amides is 1. The number of benzene rings is 3. The van der Waals surface area contributed by atoms with E-state index in [1.165, 1.54) is 24.3 Å². The van der Waals surface area contributed by atoms with Gasteiger partial charge < -0.3 is 15.5 Å². The number of rotatable bonds is 4. The van der Waals surface area contributed by atoms with Crippen LogP contribution in [0.1, 0.15) is 20.7 Å². The molecule has 0 atom stereocenters. The highest BCUT2D eigenvalue weighted by Crippen LogP contribution is 2.30. The van der Waals surface area contributed by atoms with Crippen molar-refractivity contribution in [1.82, 2.24) is 0 Å². The first-order valence-corrected chi connectivity index (χ1v) is 8.07. The van der Waals surface area contributed by atoms with E-state index in [2.05, 4.69) is 5.32 Å². The van der Waals surface area contributed by atoms with Crippen LogP contribution in [0.4, 0.5) is 5.69 Å². The SMILES string of the molecule is O=C(O)c1ccccc1-c1ccccc1C(=O)Nc1cc(Cl)ccc1O. The average molecular weight is 368 g/mol. The molecule has 3 N–H and O–H groups in total. The zero-order chi connectivity index (χ0) is 18.7. The Bertz CT molecular complexity index is 1000. The Kier molecular flexibility index (Phi) is 4.91. The lowest BCUT2D eigenvalue weighted by Crippen LogP contribution is -2.14. The van der Waals surface area contributed by atoms with Gasteiger partial charge in [-0.3, -0.25) is 4.79 Å². The molecule has 3 aromatic carbocycles. The summed E-state index contributed by atoms with van der Waals surface area (Å²) in [7, 11) is 0. The van der Waals surface area contributed by atoms with Crippen molar-refractivity contribution < 1.29 is 19.8 Å². The number of anilines is 1. The van der Waals surface area contributed by atoms with Crippen molar-refractivity contribution in [1.29, 1.82) is 0 Å². The van der Waals surface area contributed by atoms with Gasteiger partial charge in [0, 0.05) is 10.6 Å².